The van der Waals surface area contributed by atoms with E-state index in [0.717, 1.165) is 5.60 Å². The topological polar surface area (TPSA) is 26.0 Å². The first-order valence-electron chi connectivity index (χ1n) is 1.53. The molecule has 0 fully saturated rings. The van der Waals surface area contributed by atoms with E-state index < -0.39 is 0 Å². The Morgan fingerprint density at radius 1 is 1.80 bits per heavy atom. The molecule has 0 unspecified atom stereocenters. The second kappa shape index (κ2) is 0.814. The molecule has 0 saturated carbocycles. The maximum atomic E-state index is 5.15. The Balaban J connectivity index is 2.60. The zero-order valence-corrected chi connectivity index (χ0v) is 2.81. The van der Waals surface area contributed by atoms with Crippen molar-refractivity contribution < 1.29 is 0 Å². The first-order chi connectivity index (χ1) is 2.39. The standard InChI is InChI=1S/C2H3B2N/c5-2-1-3-4-2/h1H,5H2. The summed E-state index contributed by atoms with van der Waals surface area (Å²) in [5.74, 6) is 1.86. The van der Waals surface area contributed by atoms with Crippen LogP contribution in [0.5, 0.6) is 0 Å². The summed E-state index contributed by atoms with van der Waals surface area (Å²) >= 11 is 0. The van der Waals surface area contributed by atoms with E-state index in [1.165, 1.54) is 0 Å². The molecule has 0 aromatic rings. The van der Waals surface area contributed by atoms with Gasteiger partial charge >= 0.3 is 30.9 Å². The summed E-state index contributed by atoms with van der Waals surface area (Å²) in [5, 5.41) is 0. The summed E-state index contributed by atoms with van der Waals surface area (Å²) in [5.41, 5.74) is 6.03. The number of hydrogen-bond acceptors (Lipinski definition) is 1. The minimum atomic E-state index is 0.880. The summed E-state index contributed by atoms with van der Waals surface area (Å²) in [6, 6.07) is 0. The Labute approximate surface area is 32.0 Å². The third kappa shape index (κ3) is 0.318. The van der Waals surface area contributed by atoms with Gasteiger partial charge in [-0.25, -0.2) is 0 Å². The van der Waals surface area contributed by atoms with E-state index in [0.29, 0.717) is 0 Å². The van der Waals surface area contributed by atoms with Crippen LogP contribution < -0.4 is 5.73 Å². The van der Waals surface area contributed by atoms with Gasteiger partial charge in [-0.3, -0.25) is 0 Å². The van der Waals surface area contributed by atoms with Crippen LogP contribution in [0.15, 0.2) is 11.6 Å². The predicted octanol–water partition coefficient (Wildman–Crippen LogP) is -0.919. The molecule has 1 heterocycles. The molecule has 0 aliphatic carbocycles. The molecule has 1 nitrogen and oxygen atoms in total. The van der Waals surface area contributed by atoms with Crippen molar-refractivity contribution in [3.05, 3.63) is 11.6 Å². The Morgan fingerprint density at radius 2 is 2.20 bits per heavy atom. The molecule has 1 aliphatic heterocycles. The van der Waals surface area contributed by atoms with Crippen molar-refractivity contribution in [3.8, 4) is 0 Å². The van der Waals surface area contributed by atoms with Gasteiger partial charge in [-0.15, -0.1) is 0 Å². The number of nitrogens with two attached hydrogens (primary N) is 1. The third-order valence-electron chi connectivity index (χ3n) is 0.577. The van der Waals surface area contributed by atoms with Gasteiger partial charge in [0.1, 0.15) is 0 Å². The van der Waals surface area contributed by atoms with Crippen molar-refractivity contribution in [2.75, 3.05) is 0 Å². The van der Waals surface area contributed by atoms with Crippen molar-refractivity contribution in [3.63, 3.8) is 0 Å². The Kier molecular flexibility index (Phi) is 0.469. The summed E-state index contributed by atoms with van der Waals surface area (Å²) in [6.45, 7) is 3.77. The SMILES string of the molecule is NC1=CB=B1. The fourth-order valence-corrected chi connectivity index (χ4v) is 0.207. The van der Waals surface area contributed by atoms with Gasteiger partial charge in [0, 0.05) is 0 Å². The monoisotopic (exact) mass is 63.0 g/mol. The Bertz CT molecular complexity index is 93.8. The van der Waals surface area contributed by atoms with Crippen molar-refractivity contribution in [2.45, 2.75) is 0 Å². The van der Waals surface area contributed by atoms with Crippen LogP contribution >= 0.6 is 0 Å². The molecule has 0 aromatic heterocycles. The molecule has 0 saturated heterocycles. The molecule has 3 heteroatoms. The molecule has 0 amide bonds. The van der Waals surface area contributed by atoms with Crippen LogP contribution in [-0.4, -0.2) is 13.6 Å². The van der Waals surface area contributed by atoms with Crippen molar-refractivity contribution >= 4 is 13.6 Å². The fourth-order valence-electron chi connectivity index (χ4n) is 0.207. The molecule has 0 radical (unpaired) electrons. The van der Waals surface area contributed by atoms with Crippen LogP contribution in [0.2, 0.25) is 0 Å². The van der Waals surface area contributed by atoms with E-state index >= 15 is 0 Å². The van der Waals surface area contributed by atoms with E-state index in [1.54, 1.807) is 0 Å². The minimum absolute atomic E-state index is 0.880. The fraction of sp³-hybridized carbons (Fsp3) is 0. The maximum absolute atomic E-state index is 5.15. The van der Waals surface area contributed by atoms with E-state index in [-0.39, 0.29) is 0 Å². The Morgan fingerprint density at radius 3 is 2.20 bits per heavy atom. The third-order valence-corrected chi connectivity index (χ3v) is 0.577. The van der Waals surface area contributed by atoms with Crippen molar-refractivity contribution in [2.24, 2.45) is 5.73 Å². The molecule has 2 N–H and O–H groups in total. The summed E-state index contributed by atoms with van der Waals surface area (Å²) in [4.78, 5) is 0. The molecule has 5 heavy (non-hydrogen) atoms. The van der Waals surface area contributed by atoms with Crippen molar-refractivity contribution in [1.29, 1.82) is 0 Å². The van der Waals surface area contributed by atoms with Crippen LogP contribution in [0, 0.1) is 0 Å². The average Bonchev–Trinajstić information content (AvgIpc) is 1.30. The summed E-state index contributed by atoms with van der Waals surface area (Å²) in [6.07, 6.45) is 0. The Hall–Kier alpha value is -0.330. The summed E-state index contributed by atoms with van der Waals surface area (Å²) < 4.78 is 0. The van der Waals surface area contributed by atoms with Gasteiger partial charge in [0.2, 0.25) is 0 Å². The quantitative estimate of drug-likeness (QED) is 0.361. The van der Waals surface area contributed by atoms with Crippen LogP contribution in [0.3, 0.4) is 0 Å². The second-order valence-electron chi connectivity index (χ2n) is 1.03. The first-order valence-corrected chi connectivity index (χ1v) is 1.53. The van der Waals surface area contributed by atoms with Crippen LogP contribution in [0.4, 0.5) is 0 Å². The molecule has 22 valence electrons. The zero-order valence-electron chi connectivity index (χ0n) is 2.81. The van der Waals surface area contributed by atoms with Gasteiger partial charge in [0.25, 0.3) is 0 Å². The number of rotatable bonds is 0. The van der Waals surface area contributed by atoms with Crippen LogP contribution in [-0.2, 0) is 0 Å². The molecular weight excluding hydrogens is 59.7 g/mol. The van der Waals surface area contributed by atoms with Gasteiger partial charge in [-0.1, -0.05) is 0 Å². The molecule has 0 aromatic carbocycles. The second-order valence-corrected chi connectivity index (χ2v) is 1.03. The molecule has 0 spiro atoms. The average molecular weight is 62.7 g/mol. The van der Waals surface area contributed by atoms with Gasteiger partial charge in [-0.2, -0.15) is 0 Å². The van der Waals surface area contributed by atoms with Gasteiger partial charge < -0.3 is 0 Å². The van der Waals surface area contributed by atoms with E-state index in [4.69, 9.17) is 5.73 Å². The van der Waals surface area contributed by atoms with E-state index in [2.05, 4.69) is 0 Å². The molecule has 1 rings (SSSR count). The van der Waals surface area contributed by atoms with Gasteiger partial charge in [-0.05, 0) is 0 Å². The molecule has 0 bridgehead atoms. The first kappa shape index (κ1) is 2.88. The normalized spacial score (nSPS) is 14.0. The number of hydrogen-bond donors (Lipinski definition) is 1. The van der Waals surface area contributed by atoms with E-state index in [1.807, 2.05) is 19.6 Å². The summed E-state index contributed by atoms with van der Waals surface area (Å²) in [7, 11) is 0. The van der Waals surface area contributed by atoms with Crippen LogP contribution in [0.1, 0.15) is 0 Å². The van der Waals surface area contributed by atoms with Gasteiger partial charge in [0.05, 0.1) is 0 Å². The van der Waals surface area contributed by atoms with E-state index in [9.17, 15) is 0 Å². The zero-order chi connectivity index (χ0) is 3.70. The van der Waals surface area contributed by atoms with Crippen LogP contribution in [0.25, 0.3) is 0 Å². The molecule has 0 atom stereocenters. The molecular formula is C2H3B2N. The van der Waals surface area contributed by atoms with Gasteiger partial charge in [0.15, 0.2) is 0 Å². The van der Waals surface area contributed by atoms with Crippen molar-refractivity contribution in [1.82, 2.24) is 0 Å². The molecule has 1 aliphatic rings. The predicted molar refractivity (Wildman–Crippen MR) is 23.8 cm³/mol.